The fourth-order valence-electron chi connectivity index (χ4n) is 5.10. The molecule has 0 N–H and O–H groups in total. The average Bonchev–Trinajstić information content (AvgIpc) is 3.34. The van der Waals surface area contributed by atoms with Crippen molar-refractivity contribution in [3.63, 3.8) is 0 Å². The molecule has 7 bridgehead atoms. The number of benzene rings is 1. The molecule has 0 radical (unpaired) electrons. The number of amides is 1. The number of aryl methyl sites for hydroxylation is 1. The predicted molar refractivity (Wildman–Crippen MR) is 108 cm³/mol. The van der Waals surface area contributed by atoms with Crippen LogP contribution in [0.5, 0.6) is 5.75 Å². The van der Waals surface area contributed by atoms with Crippen molar-refractivity contribution in [2.45, 2.75) is 51.8 Å². The number of carbonyl (C=O) groups excluding carboxylic acids is 1. The quantitative estimate of drug-likeness (QED) is 0.686. The summed E-state index contributed by atoms with van der Waals surface area (Å²) in [5, 5.41) is 8.35. The third kappa shape index (κ3) is 4.15. The van der Waals surface area contributed by atoms with E-state index in [0.29, 0.717) is 19.6 Å². The van der Waals surface area contributed by atoms with Crippen LogP contribution in [0.4, 0.5) is 0 Å². The molecule has 4 aliphatic heterocycles. The van der Waals surface area contributed by atoms with Crippen molar-refractivity contribution in [2.24, 2.45) is 5.41 Å². The Balaban J connectivity index is 1.36. The molecule has 2 atom stereocenters. The summed E-state index contributed by atoms with van der Waals surface area (Å²) in [6.45, 7) is 6.14. The van der Waals surface area contributed by atoms with Crippen molar-refractivity contribution >= 4 is 5.91 Å². The Bertz CT molecular complexity index is 864. The molecule has 2 unspecified atom stereocenters. The zero-order valence-electron chi connectivity index (χ0n) is 16.9. The molecule has 6 rings (SSSR count). The van der Waals surface area contributed by atoms with E-state index in [4.69, 9.17) is 4.74 Å². The highest BCUT2D eigenvalue weighted by molar-refractivity contribution is 5.76. The number of aromatic nitrogens is 3. The maximum atomic E-state index is 12.8. The van der Waals surface area contributed by atoms with Crippen LogP contribution in [0.1, 0.15) is 43.4 Å². The Hall–Kier alpha value is -2.41. The van der Waals surface area contributed by atoms with Crippen LogP contribution in [-0.2, 0) is 24.5 Å². The van der Waals surface area contributed by atoms with Crippen molar-refractivity contribution in [1.29, 1.82) is 0 Å². The summed E-state index contributed by atoms with van der Waals surface area (Å²) in [7, 11) is 0. The smallest absolute Gasteiger partial charge is 0.222 e. The summed E-state index contributed by atoms with van der Waals surface area (Å²) in [6, 6.07) is 8.41. The van der Waals surface area contributed by atoms with Gasteiger partial charge in [-0.3, -0.25) is 14.4 Å². The molecule has 2 aromatic rings. The lowest BCUT2D eigenvalue weighted by atomic mass is 9.79. The van der Waals surface area contributed by atoms with E-state index < -0.39 is 0 Å². The first-order chi connectivity index (χ1) is 14.2. The molecule has 7 nitrogen and oxygen atoms in total. The second kappa shape index (κ2) is 7.78. The molecule has 1 amide bonds. The lowest BCUT2D eigenvalue weighted by molar-refractivity contribution is -0.130. The highest BCUT2D eigenvalue weighted by atomic mass is 16.5. The summed E-state index contributed by atoms with van der Waals surface area (Å²) in [5.41, 5.74) is 2.39. The van der Waals surface area contributed by atoms with E-state index >= 15 is 0 Å². The number of hydrogen-bond donors (Lipinski definition) is 0. The van der Waals surface area contributed by atoms with Crippen LogP contribution in [0.15, 0.2) is 30.5 Å². The van der Waals surface area contributed by atoms with Crippen molar-refractivity contribution in [3.05, 3.63) is 41.7 Å². The molecule has 0 aliphatic carbocycles. The van der Waals surface area contributed by atoms with E-state index in [1.807, 2.05) is 23.0 Å². The molecule has 154 valence electrons. The van der Waals surface area contributed by atoms with Crippen molar-refractivity contribution in [2.75, 3.05) is 26.2 Å². The Morgan fingerprint density at radius 2 is 1.90 bits per heavy atom. The fraction of sp³-hybridized carbons (Fsp3) is 0.591. The number of fused-ring (bicyclic) bond motifs is 6. The van der Waals surface area contributed by atoms with Gasteiger partial charge in [0.25, 0.3) is 0 Å². The van der Waals surface area contributed by atoms with E-state index in [1.54, 1.807) is 0 Å². The molecule has 7 heteroatoms. The number of hydrogen-bond acceptors (Lipinski definition) is 5. The minimum Gasteiger partial charge on any atom is -0.487 e. The number of rotatable bonds is 0. The van der Waals surface area contributed by atoms with E-state index in [1.165, 1.54) is 18.4 Å². The number of nitrogens with zero attached hydrogens (tertiary/aromatic N) is 5. The summed E-state index contributed by atoms with van der Waals surface area (Å²) < 4.78 is 7.68. The topological polar surface area (TPSA) is 63.5 Å². The van der Waals surface area contributed by atoms with Crippen LogP contribution in [0.2, 0.25) is 0 Å². The van der Waals surface area contributed by atoms with Gasteiger partial charge in [0, 0.05) is 44.6 Å². The Labute approximate surface area is 171 Å². The summed E-state index contributed by atoms with van der Waals surface area (Å²) in [4.78, 5) is 17.4. The van der Waals surface area contributed by atoms with E-state index in [2.05, 4.69) is 32.2 Å². The van der Waals surface area contributed by atoms with Crippen LogP contribution in [0.25, 0.3) is 0 Å². The Kier molecular flexibility index (Phi) is 4.99. The van der Waals surface area contributed by atoms with Gasteiger partial charge in [0.2, 0.25) is 5.91 Å². The summed E-state index contributed by atoms with van der Waals surface area (Å²) in [6.07, 6.45) is 6.87. The lowest BCUT2D eigenvalue weighted by Crippen LogP contribution is -2.45. The zero-order chi connectivity index (χ0) is 19.7. The maximum absolute atomic E-state index is 12.8. The largest absolute Gasteiger partial charge is 0.487 e. The first kappa shape index (κ1) is 18.6. The van der Waals surface area contributed by atoms with Gasteiger partial charge >= 0.3 is 0 Å². The molecule has 4 aliphatic rings. The first-order valence-corrected chi connectivity index (χ1v) is 10.8. The highest BCUT2D eigenvalue weighted by Crippen LogP contribution is 2.39. The van der Waals surface area contributed by atoms with Gasteiger partial charge in [-0.15, -0.1) is 5.10 Å². The number of ether oxygens (including phenoxy) is 1. The third-order valence-corrected chi connectivity index (χ3v) is 6.61. The molecular formula is C22H29N5O2. The number of carbonyl (C=O) groups is 1. The number of piperidine rings is 1. The van der Waals surface area contributed by atoms with E-state index in [9.17, 15) is 4.79 Å². The van der Waals surface area contributed by atoms with Gasteiger partial charge in [-0.1, -0.05) is 17.3 Å². The second-order valence-corrected chi connectivity index (χ2v) is 8.89. The van der Waals surface area contributed by atoms with Crippen LogP contribution in [0, 0.1) is 5.41 Å². The summed E-state index contributed by atoms with van der Waals surface area (Å²) >= 11 is 0. The van der Waals surface area contributed by atoms with Gasteiger partial charge in [0.15, 0.2) is 0 Å². The fourth-order valence-corrected chi connectivity index (χ4v) is 5.10. The molecule has 1 aromatic carbocycles. The second-order valence-electron chi connectivity index (χ2n) is 8.89. The molecule has 0 saturated carbocycles. The molecule has 2 saturated heterocycles. The molecule has 29 heavy (non-hydrogen) atoms. The standard InChI is InChI=1S/C22H29N5O2/c28-21-3-1-11-27-14-19(23-24-27)15-29-20-6-4-18(5-7-20)13-25-10-2-8-22(16-25)9-12-26(21)17-22/h4-7,14H,1-3,8-13,15-17H2. The predicted octanol–water partition coefficient (Wildman–Crippen LogP) is 2.47. The molecule has 1 spiro atoms. The zero-order valence-corrected chi connectivity index (χ0v) is 16.9. The van der Waals surface area contributed by atoms with Crippen LogP contribution >= 0.6 is 0 Å². The van der Waals surface area contributed by atoms with E-state index in [0.717, 1.165) is 57.0 Å². The Morgan fingerprint density at radius 3 is 2.79 bits per heavy atom. The van der Waals surface area contributed by atoms with Gasteiger partial charge in [-0.2, -0.15) is 0 Å². The summed E-state index contributed by atoms with van der Waals surface area (Å²) in [5.74, 6) is 1.14. The van der Waals surface area contributed by atoms with Gasteiger partial charge in [-0.25, -0.2) is 0 Å². The third-order valence-electron chi connectivity index (χ3n) is 6.61. The molecule has 2 fully saturated rings. The molecule has 5 heterocycles. The van der Waals surface area contributed by atoms with Gasteiger partial charge in [-0.05, 0) is 49.9 Å². The van der Waals surface area contributed by atoms with Crippen molar-refractivity contribution in [1.82, 2.24) is 24.8 Å². The maximum Gasteiger partial charge on any atom is 0.222 e. The first-order valence-electron chi connectivity index (χ1n) is 10.8. The van der Waals surface area contributed by atoms with Gasteiger partial charge in [0.05, 0.1) is 6.20 Å². The normalized spacial score (nSPS) is 27.8. The monoisotopic (exact) mass is 395 g/mol. The van der Waals surface area contributed by atoms with Crippen LogP contribution in [-0.4, -0.2) is 56.9 Å². The van der Waals surface area contributed by atoms with E-state index in [-0.39, 0.29) is 11.3 Å². The molecular weight excluding hydrogens is 366 g/mol. The van der Waals surface area contributed by atoms with Crippen LogP contribution in [0.3, 0.4) is 0 Å². The van der Waals surface area contributed by atoms with Gasteiger partial charge in [0.1, 0.15) is 18.1 Å². The lowest BCUT2D eigenvalue weighted by Gasteiger charge is -2.40. The van der Waals surface area contributed by atoms with Crippen molar-refractivity contribution in [3.8, 4) is 5.75 Å². The van der Waals surface area contributed by atoms with Crippen molar-refractivity contribution < 1.29 is 9.53 Å². The van der Waals surface area contributed by atoms with Crippen LogP contribution < -0.4 is 4.74 Å². The Morgan fingerprint density at radius 1 is 1.00 bits per heavy atom. The average molecular weight is 396 g/mol. The SMILES string of the molecule is O=C1CCCn2cc(nn2)COc2ccc(cc2)CN2CCCC3(CCN1C3)C2. The minimum absolute atomic E-state index is 0.278. The van der Waals surface area contributed by atoms with Gasteiger partial charge < -0.3 is 9.64 Å². The molecule has 1 aromatic heterocycles. The highest BCUT2D eigenvalue weighted by Gasteiger charge is 2.42. The minimum atomic E-state index is 0.278.